The number of nitro groups is 1. The fourth-order valence-electron chi connectivity index (χ4n) is 2.27. The second-order valence-electron chi connectivity index (χ2n) is 5.13. The molecule has 0 saturated heterocycles. The van der Waals surface area contributed by atoms with Crippen molar-refractivity contribution < 1.29 is 4.92 Å². The minimum atomic E-state index is -0.481. The molecule has 1 heterocycles. The second kappa shape index (κ2) is 7.50. The summed E-state index contributed by atoms with van der Waals surface area (Å²) in [6, 6.07) is 12.8. The summed E-state index contributed by atoms with van der Waals surface area (Å²) in [6.45, 7) is 0. The van der Waals surface area contributed by atoms with E-state index in [0.717, 1.165) is 0 Å². The Labute approximate surface area is 157 Å². The van der Waals surface area contributed by atoms with E-state index >= 15 is 0 Å². The molecule has 3 aromatic rings. The van der Waals surface area contributed by atoms with Crippen LogP contribution in [0.5, 0.6) is 0 Å². The molecule has 1 aromatic heterocycles. The van der Waals surface area contributed by atoms with Crippen molar-refractivity contribution in [3.63, 3.8) is 0 Å². The van der Waals surface area contributed by atoms with E-state index < -0.39 is 4.92 Å². The average Bonchev–Trinajstić information content (AvgIpc) is 2.64. The normalized spacial score (nSPS) is 10.5. The summed E-state index contributed by atoms with van der Waals surface area (Å²) in [5, 5.41) is 14.7. The van der Waals surface area contributed by atoms with Gasteiger partial charge in [-0.25, -0.2) is 4.98 Å². The molecule has 0 aliphatic heterocycles. The Bertz CT molecular complexity index is 1050. The first-order valence-electron chi connectivity index (χ1n) is 7.38. The van der Waals surface area contributed by atoms with Crippen molar-refractivity contribution in [1.82, 2.24) is 9.66 Å². The van der Waals surface area contributed by atoms with Crippen LogP contribution in [0, 0.1) is 10.1 Å². The minimum Gasteiger partial charge on any atom is -0.331 e. The zero-order chi connectivity index (χ0) is 18.7. The van der Waals surface area contributed by atoms with Gasteiger partial charge in [0, 0.05) is 17.8 Å². The van der Waals surface area contributed by atoms with Gasteiger partial charge in [-0.1, -0.05) is 23.9 Å². The Morgan fingerprint density at radius 3 is 2.58 bits per heavy atom. The average molecular weight is 387 g/mol. The predicted molar refractivity (Wildman–Crippen MR) is 106 cm³/mol. The number of thioether (sulfide) groups is 1. The van der Waals surface area contributed by atoms with Gasteiger partial charge in [0.15, 0.2) is 10.3 Å². The molecule has 0 spiro atoms. The second-order valence-corrected chi connectivity index (χ2v) is 6.31. The Kier molecular flexibility index (Phi) is 5.14. The number of anilines is 1. The molecule has 0 saturated carbocycles. The highest BCUT2D eigenvalue weighted by molar-refractivity contribution is 7.98. The van der Waals surface area contributed by atoms with Gasteiger partial charge in [0.25, 0.3) is 11.2 Å². The monoisotopic (exact) mass is 387 g/mol. The standard InChI is InChI=1S/C16H13N5O3S2/c1-26-16-18-13-5-3-2-4-12(13)14(22)20(16)19-15(25)17-10-6-8-11(9-7-10)21(23)24/h2-9H,1H3,(H2,17,19,25). The molecule has 0 aliphatic carbocycles. The van der Waals surface area contributed by atoms with Crippen LogP contribution >= 0.6 is 24.0 Å². The first kappa shape index (κ1) is 17.8. The molecule has 26 heavy (non-hydrogen) atoms. The van der Waals surface area contributed by atoms with E-state index in [0.29, 0.717) is 21.7 Å². The first-order chi connectivity index (χ1) is 12.5. The summed E-state index contributed by atoms with van der Waals surface area (Å²) < 4.78 is 1.27. The Hall–Kier alpha value is -2.98. The van der Waals surface area contributed by atoms with Gasteiger partial charge in [0.1, 0.15) is 0 Å². The number of para-hydroxylation sites is 1. The summed E-state index contributed by atoms with van der Waals surface area (Å²) in [5.41, 5.74) is 3.69. The van der Waals surface area contributed by atoms with Crippen LogP contribution in [0.15, 0.2) is 58.5 Å². The zero-order valence-electron chi connectivity index (χ0n) is 13.5. The first-order valence-corrected chi connectivity index (χ1v) is 9.01. The smallest absolute Gasteiger partial charge is 0.281 e. The number of nitrogens with zero attached hydrogens (tertiary/aromatic N) is 3. The van der Waals surface area contributed by atoms with Gasteiger partial charge in [0.2, 0.25) is 0 Å². The van der Waals surface area contributed by atoms with Gasteiger partial charge in [-0.05, 0) is 42.7 Å². The van der Waals surface area contributed by atoms with Crippen LogP contribution in [-0.2, 0) is 0 Å². The van der Waals surface area contributed by atoms with Crippen LogP contribution in [0.2, 0.25) is 0 Å². The van der Waals surface area contributed by atoms with Crippen LogP contribution in [0.25, 0.3) is 10.9 Å². The summed E-state index contributed by atoms with van der Waals surface area (Å²) in [6.07, 6.45) is 1.81. The van der Waals surface area contributed by atoms with Gasteiger partial charge in [-0.3, -0.25) is 20.3 Å². The number of nitrogens with one attached hydrogen (secondary N) is 2. The summed E-state index contributed by atoms with van der Waals surface area (Å²) in [7, 11) is 0. The van der Waals surface area contributed by atoms with Crippen molar-refractivity contribution in [3.8, 4) is 0 Å². The molecule has 0 unspecified atom stereocenters. The maximum atomic E-state index is 12.7. The van der Waals surface area contributed by atoms with Gasteiger partial charge < -0.3 is 5.32 Å². The lowest BCUT2D eigenvalue weighted by molar-refractivity contribution is -0.384. The number of fused-ring (bicyclic) bond motifs is 1. The lowest BCUT2D eigenvalue weighted by Gasteiger charge is -2.15. The molecule has 0 bridgehead atoms. The Morgan fingerprint density at radius 1 is 1.23 bits per heavy atom. The molecule has 0 atom stereocenters. The highest BCUT2D eigenvalue weighted by Gasteiger charge is 2.12. The molecule has 8 nitrogen and oxygen atoms in total. The van der Waals surface area contributed by atoms with E-state index in [-0.39, 0.29) is 16.4 Å². The Balaban J connectivity index is 1.86. The third-order valence-electron chi connectivity index (χ3n) is 3.48. The van der Waals surface area contributed by atoms with Crippen LogP contribution < -0.4 is 16.3 Å². The van der Waals surface area contributed by atoms with Crippen molar-refractivity contribution in [2.45, 2.75) is 5.16 Å². The van der Waals surface area contributed by atoms with Crippen molar-refractivity contribution in [2.75, 3.05) is 17.0 Å². The number of aromatic nitrogens is 2. The number of thiocarbonyl (C=S) groups is 1. The fraction of sp³-hybridized carbons (Fsp3) is 0.0625. The molecule has 10 heteroatoms. The largest absolute Gasteiger partial charge is 0.331 e. The zero-order valence-corrected chi connectivity index (χ0v) is 15.1. The fourth-order valence-corrected chi connectivity index (χ4v) is 2.98. The molecule has 3 rings (SSSR count). The highest BCUT2D eigenvalue weighted by atomic mass is 32.2. The number of nitro benzene ring substituents is 1. The molecular weight excluding hydrogens is 374 g/mol. The molecule has 0 aliphatic rings. The number of hydrogen-bond donors (Lipinski definition) is 2. The SMILES string of the molecule is CSc1nc2ccccc2c(=O)n1NC(=S)Nc1ccc([N+](=O)[O-])cc1. The van der Waals surface area contributed by atoms with E-state index in [4.69, 9.17) is 12.2 Å². The van der Waals surface area contributed by atoms with E-state index in [1.165, 1.54) is 40.7 Å². The van der Waals surface area contributed by atoms with E-state index in [9.17, 15) is 14.9 Å². The molecule has 0 fully saturated rings. The number of benzene rings is 2. The van der Waals surface area contributed by atoms with Gasteiger partial charge in [-0.2, -0.15) is 4.68 Å². The minimum absolute atomic E-state index is 0.0194. The molecule has 0 amide bonds. The molecule has 132 valence electrons. The Morgan fingerprint density at radius 2 is 1.92 bits per heavy atom. The van der Waals surface area contributed by atoms with Crippen LogP contribution in [0.3, 0.4) is 0 Å². The van der Waals surface area contributed by atoms with Gasteiger partial charge in [0.05, 0.1) is 15.8 Å². The lowest BCUT2D eigenvalue weighted by atomic mass is 10.2. The maximum Gasteiger partial charge on any atom is 0.281 e. The van der Waals surface area contributed by atoms with Crippen LogP contribution in [-0.4, -0.2) is 26.0 Å². The maximum absolute atomic E-state index is 12.7. The van der Waals surface area contributed by atoms with Gasteiger partial charge in [-0.15, -0.1) is 0 Å². The van der Waals surface area contributed by atoms with E-state index in [2.05, 4.69) is 15.7 Å². The van der Waals surface area contributed by atoms with Crippen molar-refractivity contribution in [1.29, 1.82) is 0 Å². The van der Waals surface area contributed by atoms with Gasteiger partial charge >= 0.3 is 0 Å². The topological polar surface area (TPSA) is 102 Å². The summed E-state index contributed by atoms with van der Waals surface area (Å²) in [5.74, 6) is 0. The highest BCUT2D eigenvalue weighted by Crippen LogP contribution is 2.16. The summed E-state index contributed by atoms with van der Waals surface area (Å²) >= 11 is 6.54. The van der Waals surface area contributed by atoms with Crippen LogP contribution in [0.4, 0.5) is 11.4 Å². The molecular formula is C16H13N5O3S2. The molecule has 2 aromatic carbocycles. The number of hydrogen-bond acceptors (Lipinski definition) is 6. The molecule has 0 radical (unpaired) electrons. The van der Waals surface area contributed by atoms with Crippen molar-refractivity contribution >= 4 is 51.4 Å². The third-order valence-corrected chi connectivity index (χ3v) is 4.31. The van der Waals surface area contributed by atoms with E-state index in [1.807, 2.05) is 12.3 Å². The quantitative estimate of drug-likeness (QED) is 0.232. The predicted octanol–water partition coefficient (Wildman–Crippen LogP) is 2.97. The van der Waals surface area contributed by atoms with Crippen LogP contribution in [0.1, 0.15) is 0 Å². The van der Waals surface area contributed by atoms with E-state index in [1.54, 1.807) is 18.2 Å². The third kappa shape index (κ3) is 3.65. The molecule has 2 N–H and O–H groups in total. The number of non-ortho nitro benzene ring substituents is 1. The lowest BCUT2D eigenvalue weighted by Crippen LogP contribution is -2.37. The van der Waals surface area contributed by atoms with Crippen molar-refractivity contribution in [3.05, 3.63) is 69.0 Å². The summed E-state index contributed by atoms with van der Waals surface area (Å²) in [4.78, 5) is 27.4. The van der Waals surface area contributed by atoms with Crippen molar-refractivity contribution in [2.24, 2.45) is 0 Å². The number of rotatable bonds is 4.